The van der Waals surface area contributed by atoms with Gasteiger partial charge in [0.15, 0.2) is 0 Å². The van der Waals surface area contributed by atoms with E-state index >= 15 is 0 Å². The van der Waals surface area contributed by atoms with E-state index in [1.165, 1.54) is 25.0 Å². The van der Waals surface area contributed by atoms with Crippen molar-refractivity contribution in [1.82, 2.24) is 5.32 Å². The number of hydrogen-bond donors (Lipinski definition) is 1. The first-order valence-corrected chi connectivity index (χ1v) is 8.33. The molecule has 0 amide bonds. The van der Waals surface area contributed by atoms with Gasteiger partial charge in [0.2, 0.25) is 0 Å². The number of hydrogen-bond acceptors (Lipinski definition) is 2. The van der Waals surface area contributed by atoms with Gasteiger partial charge in [-0.05, 0) is 43.7 Å². The standard InChI is InChI=1S/C15H22FNOS/c1-2-17-14-6-4-3-5-7-15(14)19(18)13-10-8-12(16)9-11-13/h8-11,14-15,17H,2-7H2,1H3. The molecule has 1 N–H and O–H groups in total. The molecule has 1 aliphatic rings. The van der Waals surface area contributed by atoms with Gasteiger partial charge in [-0.2, -0.15) is 0 Å². The highest BCUT2D eigenvalue weighted by molar-refractivity contribution is 7.85. The Bertz CT molecular complexity index is 421. The first-order valence-electron chi connectivity index (χ1n) is 7.12. The van der Waals surface area contributed by atoms with E-state index in [2.05, 4.69) is 12.2 Å². The predicted octanol–water partition coefficient (Wildman–Crippen LogP) is 3.24. The van der Waals surface area contributed by atoms with Crippen molar-refractivity contribution in [2.45, 2.75) is 55.2 Å². The zero-order valence-corrected chi connectivity index (χ0v) is 12.2. The summed E-state index contributed by atoms with van der Waals surface area (Å²) in [6, 6.07) is 6.41. The van der Waals surface area contributed by atoms with Crippen LogP contribution in [-0.4, -0.2) is 22.0 Å². The molecule has 0 radical (unpaired) electrons. The molecule has 0 aromatic heterocycles. The number of benzene rings is 1. The van der Waals surface area contributed by atoms with Gasteiger partial charge in [-0.3, -0.25) is 4.21 Å². The molecule has 1 saturated carbocycles. The van der Waals surface area contributed by atoms with Crippen LogP contribution in [0.1, 0.15) is 39.0 Å². The second-order valence-electron chi connectivity index (χ2n) is 5.09. The lowest BCUT2D eigenvalue weighted by Crippen LogP contribution is -2.41. The van der Waals surface area contributed by atoms with E-state index < -0.39 is 10.8 Å². The van der Waals surface area contributed by atoms with Crippen LogP contribution in [0.3, 0.4) is 0 Å². The van der Waals surface area contributed by atoms with Crippen molar-refractivity contribution >= 4 is 10.8 Å². The summed E-state index contributed by atoms with van der Waals surface area (Å²) in [5, 5.41) is 3.62. The topological polar surface area (TPSA) is 29.1 Å². The van der Waals surface area contributed by atoms with Crippen LogP contribution in [0.2, 0.25) is 0 Å². The molecule has 0 heterocycles. The maximum absolute atomic E-state index is 12.9. The van der Waals surface area contributed by atoms with Gasteiger partial charge in [0.1, 0.15) is 5.82 Å². The van der Waals surface area contributed by atoms with E-state index in [0.717, 1.165) is 30.7 Å². The minimum Gasteiger partial charge on any atom is -0.313 e. The van der Waals surface area contributed by atoms with Crippen molar-refractivity contribution in [3.63, 3.8) is 0 Å². The molecule has 0 aliphatic heterocycles. The van der Waals surface area contributed by atoms with E-state index in [1.54, 1.807) is 12.1 Å². The molecule has 0 spiro atoms. The predicted molar refractivity (Wildman–Crippen MR) is 77.1 cm³/mol. The summed E-state index contributed by atoms with van der Waals surface area (Å²) in [7, 11) is -1.05. The fraction of sp³-hybridized carbons (Fsp3) is 0.600. The van der Waals surface area contributed by atoms with Gasteiger partial charge in [-0.1, -0.05) is 26.2 Å². The Balaban J connectivity index is 2.15. The van der Waals surface area contributed by atoms with Gasteiger partial charge in [-0.25, -0.2) is 4.39 Å². The normalized spacial score (nSPS) is 25.8. The summed E-state index contributed by atoms with van der Waals surface area (Å²) in [5.41, 5.74) is 0. The second-order valence-corrected chi connectivity index (χ2v) is 6.76. The maximum atomic E-state index is 12.9. The number of nitrogens with one attached hydrogen (secondary N) is 1. The summed E-state index contributed by atoms with van der Waals surface area (Å²) in [6.45, 7) is 2.99. The minimum absolute atomic E-state index is 0.146. The van der Waals surface area contributed by atoms with Gasteiger partial charge in [0.05, 0.1) is 16.0 Å². The Hall–Kier alpha value is -0.740. The van der Waals surface area contributed by atoms with Crippen molar-refractivity contribution in [2.75, 3.05) is 6.54 Å². The van der Waals surface area contributed by atoms with Crippen LogP contribution in [0.5, 0.6) is 0 Å². The zero-order chi connectivity index (χ0) is 13.7. The molecule has 1 aromatic rings. The Kier molecular flexibility index (Phi) is 5.52. The molecular formula is C15H22FNOS. The average Bonchev–Trinajstić information content (AvgIpc) is 2.65. The minimum atomic E-state index is -1.05. The van der Waals surface area contributed by atoms with E-state index in [9.17, 15) is 8.60 Å². The summed E-state index contributed by atoms with van der Waals surface area (Å²) in [5.74, 6) is -0.273. The molecule has 3 atom stereocenters. The smallest absolute Gasteiger partial charge is 0.123 e. The van der Waals surface area contributed by atoms with Crippen molar-refractivity contribution in [2.24, 2.45) is 0 Å². The lowest BCUT2D eigenvalue weighted by atomic mass is 10.1. The molecule has 1 aromatic carbocycles. The largest absolute Gasteiger partial charge is 0.313 e. The third-order valence-corrected chi connectivity index (χ3v) is 5.59. The van der Waals surface area contributed by atoms with Crippen molar-refractivity contribution in [3.05, 3.63) is 30.1 Å². The van der Waals surface area contributed by atoms with Crippen molar-refractivity contribution in [1.29, 1.82) is 0 Å². The fourth-order valence-electron chi connectivity index (χ4n) is 2.77. The molecule has 0 saturated heterocycles. The van der Waals surface area contributed by atoms with Gasteiger partial charge in [0, 0.05) is 10.9 Å². The third kappa shape index (κ3) is 3.86. The lowest BCUT2D eigenvalue weighted by molar-refractivity contribution is 0.474. The van der Waals surface area contributed by atoms with E-state index in [4.69, 9.17) is 0 Å². The van der Waals surface area contributed by atoms with Crippen LogP contribution in [-0.2, 0) is 10.8 Å². The Morgan fingerprint density at radius 2 is 1.89 bits per heavy atom. The number of rotatable bonds is 4. The average molecular weight is 283 g/mol. The molecule has 106 valence electrons. The lowest BCUT2D eigenvalue weighted by Gasteiger charge is -2.25. The fourth-order valence-corrected chi connectivity index (χ4v) is 4.43. The highest BCUT2D eigenvalue weighted by atomic mass is 32.2. The Labute approximate surface area is 117 Å². The van der Waals surface area contributed by atoms with Crippen LogP contribution in [0.25, 0.3) is 0 Å². The van der Waals surface area contributed by atoms with Crippen LogP contribution in [0, 0.1) is 5.82 Å². The van der Waals surface area contributed by atoms with Crippen molar-refractivity contribution in [3.8, 4) is 0 Å². The Morgan fingerprint density at radius 1 is 1.21 bits per heavy atom. The first kappa shape index (κ1) is 14.7. The quantitative estimate of drug-likeness (QED) is 0.860. The van der Waals surface area contributed by atoms with E-state index in [-0.39, 0.29) is 11.1 Å². The monoisotopic (exact) mass is 283 g/mol. The van der Waals surface area contributed by atoms with E-state index in [0.29, 0.717) is 6.04 Å². The summed E-state index contributed by atoms with van der Waals surface area (Å²) < 4.78 is 25.6. The highest BCUT2D eigenvalue weighted by Gasteiger charge is 2.28. The Morgan fingerprint density at radius 3 is 2.58 bits per heavy atom. The SMILES string of the molecule is CCNC1CCCCCC1S(=O)c1ccc(F)cc1. The molecule has 0 bridgehead atoms. The molecular weight excluding hydrogens is 261 g/mol. The zero-order valence-electron chi connectivity index (χ0n) is 11.4. The summed E-state index contributed by atoms with van der Waals surface area (Å²) >= 11 is 0. The molecule has 3 unspecified atom stereocenters. The molecule has 4 heteroatoms. The van der Waals surface area contributed by atoms with Gasteiger partial charge in [0.25, 0.3) is 0 Å². The van der Waals surface area contributed by atoms with Gasteiger partial charge in [-0.15, -0.1) is 0 Å². The van der Waals surface area contributed by atoms with Gasteiger partial charge >= 0.3 is 0 Å². The second kappa shape index (κ2) is 7.15. The third-order valence-electron chi connectivity index (χ3n) is 3.74. The van der Waals surface area contributed by atoms with Crippen molar-refractivity contribution < 1.29 is 8.60 Å². The highest BCUT2D eigenvalue weighted by Crippen LogP contribution is 2.25. The number of halogens is 1. The first-order chi connectivity index (χ1) is 9.22. The van der Waals surface area contributed by atoms with Crippen LogP contribution < -0.4 is 5.32 Å². The maximum Gasteiger partial charge on any atom is 0.123 e. The van der Waals surface area contributed by atoms with Crippen LogP contribution in [0.15, 0.2) is 29.2 Å². The summed E-state index contributed by atoms with van der Waals surface area (Å²) in [4.78, 5) is 0.746. The van der Waals surface area contributed by atoms with Gasteiger partial charge < -0.3 is 5.32 Å². The molecule has 19 heavy (non-hydrogen) atoms. The van der Waals surface area contributed by atoms with Crippen LogP contribution >= 0.6 is 0 Å². The molecule has 1 aliphatic carbocycles. The van der Waals surface area contributed by atoms with Crippen LogP contribution in [0.4, 0.5) is 4.39 Å². The molecule has 2 nitrogen and oxygen atoms in total. The molecule has 1 fully saturated rings. The van der Waals surface area contributed by atoms with E-state index in [1.807, 2.05) is 0 Å². The summed E-state index contributed by atoms with van der Waals surface area (Å²) in [6.07, 6.45) is 5.64. The molecule has 2 rings (SSSR count).